The number of nitrogens with one attached hydrogen (secondary N) is 1. The third kappa shape index (κ3) is 12.5. The van der Waals surface area contributed by atoms with Crippen LogP contribution in [0, 0.1) is 5.92 Å². The van der Waals surface area contributed by atoms with Gasteiger partial charge in [0.15, 0.2) is 0 Å². The molecule has 20 heavy (non-hydrogen) atoms. The summed E-state index contributed by atoms with van der Waals surface area (Å²) >= 11 is 0. The normalized spacial score (nSPS) is 11.1. The molecule has 0 spiro atoms. The molecule has 0 saturated heterocycles. The van der Waals surface area contributed by atoms with Crippen molar-refractivity contribution in [2.45, 2.75) is 71.6 Å². The zero-order chi connectivity index (χ0) is 15.2. The van der Waals surface area contributed by atoms with E-state index < -0.39 is 0 Å². The highest BCUT2D eigenvalue weighted by molar-refractivity contribution is 5.75. The van der Waals surface area contributed by atoms with E-state index in [9.17, 15) is 4.79 Å². The van der Waals surface area contributed by atoms with Crippen molar-refractivity contribution in [1.29, 1.82) is 0 Å². The predicted molar refractivity (Wildman–Crippen MR) is 88.0 cm³/mol. The summed E-state index contributed by atoms with van der Waals surface area (Å²) in [4.78, 5) is 13.8. The van der Waals surface area contributed by atoms with Gasteiger partial charge in [-0.2, -0.15) is 0 Å². The first-order valence-electron chi connectivity index (χ1n) is 8.46. The van der Waals surface area contributed by atoms with Crippen LogP contribution in [0.3, 0.4) is 0 Å². The zero-order valence-corrected chi connectivity index (χ0v) is 14.2. The van der Waals surface area contributed by atoms with E-state index in [1.807, 2.05) is 19.0 Å². The Morgan fingerprint density at radius 3 is 2.20 bits per heavy atom. The standard InChI is InChI=1S/C17H36N2O/c1-16(2)12-11-15-19(4)17(20)13-9-7-5-6-8-10-14-18-3/h16,18H,5-15H2,1-4H3. The lowest BCUT2D eigenvalue weighted by atomic mass is 10.1. The second kappa shape index (κ2) is 13.4. The lowest BCUT2D eigenvalue weighted by Gasteiger charge is -2.17. The number of rotatable bonds is 13. The predicted octanol–water partition coefficient (Wildman–Crippen LogP) is 3.83. The summed E-state index contributed by atoms with van der Waals surface area (Å²) in [5, 5.41) is 3.17. The van der Waals surface area contributed by atoms with E-state index in [0.717, 1.165) is 38.3 Å². The first-order chi connectivity index (χ1) is 9.57. The minimum absolute atomic E-state index is 0.323. The van der Waals surface area contributed by atoms with Gasteiger partial charge in [-0.1, -0.05) is 39.5 Å². The van der Waals surface area contributed by atoms with Crippen molar-refractivity contribution < 1.29 is 4.79 Å². The summed E-state index contributed by atoms with van der Waals surface area (Å²) in [6.45, 7) is 6.51. The molecule has 0 unspecified atom stereocenters. The maximum absolute atomic E-state index is 11.9. The van der Waals surface area contributed by atoms with Gasteiger partial charge in [0.05, 0.1) is 0 Å². The van der Waals surface area contributed by atoms with E-state index in [1.165, 1.54) is 38.5 Å². The fourth-order valence-corrected chi connectivity index (χ4v) is 2.34. The molecule has 120 valence electrons. The molecule has 0 aromatic carbocycles. The average Bonchev–Trinajstić information content (AvgIpc) is 2.41. The second-order valence-corrected chi connectivity index (χ2v) is 6.33. The van der Waals surface area contributed by atoms with Crippen LogP contribution >= 0.6 is 0 Å². The van der Waals surface area contributed by atoms with E-state index in [2.05, 4.69) is 19.2 Å². The van der Waals surface area contributed by atoms with Crippen molar-refractivity contribution >= 4 is 5.91 Å². The smallest absolute Gasteiger partial charge is 0.222 e. The Hall–Kier alpha value is -0.570. The van der Waals surface area contributed by atoms with Gasteiger partial charge < -0.3 is 10.2 Å². The van der Waals surface area contributed by atoms with Crippen LogP contribution in [-0.4, -0.2) is 38.0 Å². The van der Waals surface area contributed by atoms with Crippen LogP contribution < -0.4 is 5.32 Å². The summed E-state index contributed by atoms with van der Waals surface area (Å²) in [5.74, 6) is 1.06. The van der Waals surface area contributed by atoms with Crippen LogP contribution in [0.2, 0.25) is 0 Å². The molecule has 0 aliphatic carbocycles. The van der Waals surface area contributed by atoms with Crippen molar-refractivity contribution in [3.63, 3.8) is 0 Å². The lowest BCUT2D eigenvalue weighted by Crippen LogP contribution is -2.27. The second-order valence-electron chi connectivity index (χ2n) is 6.33. The van der Waals surface area contributed by atoms with Crippen LogP contribution in [0.4, 0.5) is 0 Å². The Bertz CT molecular complexity index is 229. The topological polar surface area (TPSA) is 32.3 Å². The molecule has 0 atom stereocenters. The van der Waals surface area contributed by atoms with E-state index in [0.29, 0.717) is 5.91 Å². The molecule has 0 aliphatic rings. The summed E-state index contributed by atoms with van der Waals surface area (Å²) in [6.07, 6.45) is 10.5. The molecule has 0 bridgehead atoms. The van der Waals surface area contributed by atoms with Crippen LogP contribution in [0.5, 0.6) is 0 Å². The number of hydrogen-bond acceptors (Lipinski definition) is 2. The molecule has 1 amide bonds. The van der Waals surface area contributed by atoms with Gasteiger partial charge in [-0.15, -0.1) is 0 Å². The Kier molecular flexibility index (Phi) is 13.0. The molecule has 0 aromatic heterocycles. The van der Waals surface area contributed by atoms with Gasteiger partial charge in [0.2, 0.25) is 5.91 Å². The number of unbranched alkanes of at least 4 members (excludes halogenated alkanes) is 5. The van der Waals surface area contributed by atoms with Crippen LogP contribution in [-0.2, 0) is 4.79 Å². The number of nitrogens with zero attached hydrogens (tertiary/aromatic N) is 1. The first-order valence-corrected chi connectivity index (χ1v) is 8.46. The van der Waals surface area contributed by atoms with Gasteiger partial charge in [-0.25, -0.2) is 0 Å². The maximum Gasteiger partial charge on any atom is 0.222 e. The van der Waals surface area contributed by atoms with Gasteiger partial charge in [-0.05, 0) is 45.2 Å². The molecule has 0 radical (unpaired) electrons. The van der Waals surface area contributed by atoms with E-state index in [1.54, 1.807) is 0 Å². The SMILES string of the molecule is CNCCCCCCCCC(=O)N(C)CCCC(C)C. The number of carbonyl (C=O) groups excluding carboxylic acids is 1. The molecule has 0 heterocycles. The zero-order valence-electron chi connectivity index (χ0n) is 14.2. The summed E-state index contributed by atoms with van der Waals surface area (Å²) in [5.41, 5.74) is 0. The minimum Gasteiger partial charge on any atom is -0.346 e. The summed E-state index contributed by atoms with van der Waals surface area (Å²) < 4.78 is 0. The molecule has 0 aromatic rings. The first kappa shape index (κ1) is 19.4. The number of hydrogen-bond donors (Lipinski definition) is 1. The van der Waals surface area contributed by atoms with E-state index in [4.69, 9.17) is 0 Å². The van der Waals surface area contributed by atoms with Gasteiger partial charge in [-0.3, -0.25) is 4.79 Å². The Labute approximate surface area is 126 Å². The minimum atomic E-state index is 0.323. The highest BCUT2D eigenvalue weighted by Gasteiger charge is 2.07. The molecule has 3 nitrogen and oxygen atoms in total. The molecule has 0 saturated carbocycles. The molecule has 0 aliphatic heterocycles. The maximum atomic E-state index is 11.9. The fourth-order valence-electron chi connectivity index (χ4n) is 2.34. The van der Waals surface area contributed by atoms with Crippen molar-refractivity contribution in [2.75, 3.05) is 27.2 Å². The quantitative estimate of drug-likeness (QED) is 0.521. The van der Waals surface area contributed by atoms with Gasteiger partial charge in [0.1, 0.15) is 0 Å². The monoisotopic (exact) mass is 284 g/mol. The van der Waals surface area contributed by atoms with Gasteiger partial charge >= 0.3 is 0 Å². The number of amides is 1. The van der Waals surface area contributed by atoms with Crippen LogP contribution in [0.25, 0.3) is 0 Å². The van der Waals surface area contributed by atoms with Crippen molar-refractivity contribution in [1.82, 2.24) is 10.2 Å². The van der Waals surface area contributed by atoms with Crippen LogP contribution in [0.15, 0.2) is 0 Å². The van der Waals surface area contributed by atoms with E-state index in [-0.39, 0.29) is 0 Å². The Balaban J connectivity index is 3.38. The molecule has 1 N–H and O–H groups in total. The number of carbonyl (C=O) groups is 1. The Morgan fingerprint density at radius 1 is 1.00 bits per heavy atom. The van der Waals surface area contributed by atoms with Gasteiger partial charge in [0.25, 0.3) is 0 Å². The average molecular weight is 284 g/mol. The molecule has 0 fully saturated rings. The molecule has 3 heteroatoms. The third-order valence-corrected chi connectivity index (χ3v) is 3.77. The highest BCUT2D eigenvalue weighted by atomic mass is 16.2. The molecule has 0 rings (SSSR count). The summed E-state index contributed by atoms with van der Waals surface area (Å²) in [7, 11) is 3.95. The van der Waals surface area contributed by atoms with Gasteiger partial charge in [0, 0.05) is 20.0 Å². The fraction of sp³-hybridized carbons (Fsp3) is 0.941. The third-order valence-electron chi connectivity index (χ3n) is 3.77. The largest absolute Gasteiger partial charge is 0.346 e. The lowest BCUT2D eigenvalue weighted by molar-refractivity contribution is -0.130. The summed E-state index contributed by atoms with van der Waals surface area (Å²) in [6, 6.07) is 0. The van der Waals surface area contributed by atoms with Crippen molar-refractivity contribution in [3.05, 3.63) is 0 Å². The van der Waals surface area contributed by atoms with Crippen LogP contribution in [0.1, 0.15) is 71.6 Å². The van der Waals surface area contributed by atoms with Crippen molar-refractivity contribution in [2.24, 2.45) is 5.92 Å². The Morgan fingerprint density at radius 2 is 1.60 bits per heavy atom. The highest BCUT2D eigenvalue weighted by Crippen LogP contribution is 2.09. The molecular weight excluding hydrogens is 248 g/mol. The molecular formula is C17H36N2O. The van der Waals surface area contributed by atoms with Crippen molar-refractivity contribution in [3.8, 4) is 0 Å². The van der Waals surface area contributed by atoms with E-state index >= 15 is 0 Å².